The van der Waals surface area contributed by atoms with E-state index in [1.165, 1.54) is 25.7 Å². The third-order valence-corrected chi connectivity index (χ3v) is 3.52. The standard InChI is InChI=1S/C12H22N2O2/c15-8-7-14(11-3-1-2-4-11)9-12(16)13-10-5-6-10/h10-11,15H,1-9H2,(H,13,16). The monoisotopic (exact) mass is 226 g/mol. The van der Waals surface area contributed by atoms with Gasteiger partial charge in [-0.2, -0.15) is 0 Å². The van der Waals surface area contributed by atoms with Crippen LogP contribution >= 0.6 is 0 Å². The van der Waals surface area contributed by atoms with Gasteiger partial charge in [0.05, 0.1) is 13.2 Å². The zero-order chi connectivity index (χ0) is 11.4. The Bertz CT molecular complexity index is 235. The predicted molar refractivity (Wildman–Crippen MR) is 62.1 cm³/mol. The lowest BCUT2D eigenvalue weighted by Gasteiger charge is -2.27. The number of hydrogen-bond donors (Lipinski definition) is 2. The van der Waals surface area contributed by atoms with Crippen LogP contribution in [0.2, 0.25) is 0 Å². The predicted octanol–water partition coefficient (Wildman–Crippen LogP) is 0.502. The van der Waals surface area contributed by atoms with Crippen LogP contribution in [-0.2, 0) is 4.79 Å². The maximum Gasteiger partial charge on any atom is 0.234 e. The maximum atomic E-state index is 11.7. The smallest absolute Gasteiger partial charge is 0.234 e. The Balaban J connectivity index is 1.77. The zero-order valence-corrected chi connectivity index (χ0v) is 9.82. The second-order valence-electron chi connectivity index (χ2n) is 4.97. The van der Waals surface area contributed by atoms with Gasteiger partial charge in [0.15, 0.2) is 0 Å². The molecule has 2 aliphatic rings. The number of carbonyl (C=O) groups excluding carboxylic acids is 1. The first-order valence-electron chi connectivity index (χ1n) is 6.44. The number of carbonyl (C=O) groups is 1. The Morgan fingerprint density at radius 3 is 2.50 bits per heavy atom. The Morgan fingerprint density at radius 1 is 1.25 bits per heavy atom. The molecule has 2 rings (SSSR count). The van der Waals surface area contributed by atoms with Crippen molar-refractivity contribution in [3.63, 3.8) is 0 Å². The number of nitrogens with one attached hydrogen (secondary N) is 1. The van der Waals surface area contributed by atoms with Crippen molar-refractivity contribution in [3.05, 3.63) is 0 Å². The fourth-order valence-corrected chi connectivity index (χ4v) is 2.47. The van der Waals surface area contributed by atoms with Crippen molar-refractivity contribution in [1.82, 2.24) is 10.2 Å². The molecule has 0 aromatic heterocycles. The fraction of sp³-hybridized carbons (Fsp3) is 0.917. The highest BCUT2D eigenvalue weighted by Gasteiger charge is 2.27. The molecule has 2 fully saturated rings. The first kappa shape index (κ1) is 11.9. The molecular weight excluding hydrogens is 204 g/mol. The molecule has 0 saturated heterocycles. The lowest BCUT2D eigenvalue weighted by Crippen LogP contribution is -2.43. The number of hydrogen-bond acceptors (Lipinski definition) is 3. The highest BCUT2D eigenvalue weighted by Crippen LogP contribution is 2.23. The summed E-state index contributed by atoms with van der Waals surface area (Å²) >= 11 is 0. The van der Waals surface area contributed by atoms with Crippen LogP contribution in [0.4, 0.5) is 0 Å². The summed E-state index contributed by atoms with van der Waals surface area (Å²) in [5.74, 6) is 0.128. The summed E-state index contributed by atoms with van der Waals surface area (Å²) in [5.41, 5.74) is 0. The molecule has 0 unspecified atom stereocenters. The summed E-state index contributed by atoms with van der Waals surface area (Å²) in [6, 6.07) is 0.948. The van der Waals surface area contributed by atoms with Gasteiger partial charge in [-0.3, -0.25) is 9.69 Å². The lowest BCUT2D eigenvalue weighted by atomic mass is 10.2. The van der Waals surface area contributed by atoms with Crippen LogP contribution in [0.3, 0.4) is 0 Å². The number of rotatable bonds is 6. The van der Waals surface area contributed by atoms with Gasteiger partial charge in [0.25, 0.3) is 0 Å². The molecular formula is C12H22N2O2. The molecule has 1 amide bonds. The van der Waals surface area contributed by atoms with Crippen molar-refractivity contribution >= 4 is 5.91 Å². The van der Waals surface area contributed by atoms with Crippen LogP contribution in [0.25, 0.3) is 0 Å². The lowest BCUT2D eigenvalue weighted by molar-refractivity contribution is -0.123. The van der Waals surface area contributed by atoms with E-state index < -0.39 is 0 Å². The van der Waals surface area contributed by atoms with Gasteiger partial charge in [0.1, 0.15) is 0 Å². The number of aliphatic hydroxyl groups is 1. The molecule has 0 aromatic carbocycles. The van der Waals surface area contributed by atoms with E-state index in [0.29, 0.717) is 25.2 Å². The third kappa shape index (κ3) is 3.46. The molecule has 0 atom stereocenters. The van der Waals surface area contributed by atoms with E-state index in [2.05, 4.69) is 10.2 Å². The minimum Gasteiger partial charge on any atom is -0.395 e. The molecule has 92 valence electrons. The summed E-state index contributed by atoms with van der Waals surface area (Å²) in [7, 11) is 0. The first-order valence-corrected chi connectivity index (χ1v) is 6.44. The number of amides is 1. The summed E-state index contributed by atoms with van der Waals surface area (Å²) in [5, 5.41) is 12.0. The van der Waals surface area contributed by atoms with Crippen LogP contribution in [0.5, 0.6) is 0 Å². The quantitative estimate of drug-likeness (QED) is 0.693. The Kier molecular flexibility index (Phi) is 4.18. The molecule has 2 N–H and O–H groups in total. The van der Waals surface area contributed by atoms with Gasteiger partial charge in [0.2, 0.25) is 5.91 Å². The van der Waals surface area contributed by atoms with E-state index in [0.717, 1.165) is 12.8 Å². The maximum absolute atomic E-state index is 11.7. The fourth-order valence-electron chi connectivity index (χ4n) is 2.47. The van der Waals surface area contributed by atoms with E-state index in [-0.39, 0.29) is 12.5 Å². The normalized spacial score (nSPS) is 21.6. The van der Waals surface area contributed by atoms with Crippen molar-refractivity contribution in [1.29, 1.82) is 0 Å². The van der Waals surface area contributed by atoms with Gasteiger partial charge in [-0.15, -0.1) is 0 Å². The molecule has 4 heteroatoms. The van der Waals surface area contributed by atoms with Gasteiger partial charge in [-0.1, -0.05) is 12.8 Å². The highest BCUT2D eigenvalue weighted by atomic mass is 16.3. The van der Waals surface area contributed by atoms with Crippen molar-refractivity contribution in [3.8, 4) is 0 Å². The molecule has 2 saturated carbocycles. The van der Waals surface area contributed by atoms with E-state index in [1.807, 2.05) is 0 Å². The second-order valence-corrected chi connectivity index (χ2v) is 4.97. The van der Waals surface area contributed by atoms with E-state index in [4.69, 9.17) is 5.11 Å². The summed E-state index contributed by atoms with van der Waals surface area (Å²) in [6.07, 6.45) is 7.14. The molecule has 4 nitrogen and oxygen atoms in total. The Labute approximate surface area is 97.0 Å². The first-order chi connectivity index (χ1) is 7.79. The Morgan fingerprint density at radius 2 is 1.94 bits per heavy atom. The van der Waals surface area contributed by atoms with E-state index >= 15 is 0 Å². The SMILES string of the molecule is O=C(CN(CCO)C1CCCC1)NC1CC1. The van der Waals surface area contributed by atoms with Gasteiger partial charge in [-0.05, 0) is 25.7 Å². The van der Waals surface area contributed by atoms with Crippen LogP contribution in [0, 0.1) is 0 Å². The largest absolute Gasteiger partial charge is 0.395 e. The van der Waals surface area contributed by atoms with E-state index in [1.54, 1.807) is 0 Å². The molecule has 2 aliphatic carbocycles. The van der Waals surface area contributed by atoms with Gasteiger partial charge >= 0.3 is 0 Å². The molecule has 16 heavy (non-hydrogen) atoms. The topological polar surface area (TPSA) is 52.6 Å². The molecule has 0 aromatic rings. The van der Waals surface area contributed by atoms with Crippen molar-refractivity contribution in [2.45, 2.75) is 50.6 Å². The molecule has 0 heterocycles. The van der Waals surface area contributed by atoms with Crippen LogP contribution < -0.4 is 5.32 Å². The minimum absolute atomic E-state index is 0.128. The summed E-state index contributed by atoms with van der Waals surface area (Å²) < 4.78 is 0. The minimum atomic E-state index is 0.128. The molecule has 0 aliphatic heterocycles. The number of aliphatic hydroxyl groups excluding tert-OH is 1. The van der Waals surface area contributed by atoms with Crippen molar-refractivity contribution in [2.75, 3.05) is 19.7 Å². The summed E-state index contributed by atoms with van der Waals surface area (Å²) in [4.78, 5) is 13.8. The van der Waals surface area contributed by atoms with Gasteiger partial charge in [-0.25, -0.2) is 0 Å². The van der Waals surface area contributed by atoms with Crippen molar-refractivity contribution in [2.24, 2.45) is 0 Å². The number of nitrogens with zero attached hydrogens (tertiary/aromatic N) is 1. The second kappa shape index (κ2) is 5.64. The van der Waals surface area contributed by atoms with Crippen LogP contribution in [0.15, 0.2) is 0 Å². The molecule has 0 bridgehead atoms. The van der Waals surface area contributed by atoms with Crippen LogP contribution in [-0.4, -0.2) is 47.7 Å². The van der Waals surface area contributed by atoms with E-state index in [9.17, 15) is 4.79 Å². The van der Waals surface area contributed by atoms with Gasteiger partial charge in [0, 0.05) is 18.6 Å². The molecule has 0 radical (unpaired) electrons. The Hall–Kier alpha value is -0.610. The average molecular weight is 226 g/mol. The highest BCUT2D eigenvalue weighted by molar-refractivity contribution is 5.78. The average Bonchev–Trinajstić information content (AvgIpc) is 2.90. The van der Waals surface area contributed by atoms with Crippen molar-refractivity contribution < 1.29 is 9.90 Å². The van der Waals surface area contributed by atoms with Gasteiger partial charge < -0.3 is 10.4 Å². The summed E-state index contributed by atoms with van der Waals surface area (Å²) in [6.45, 7) is 1.23. The third-order valence-electron chi connectivity index (χ3n) is 3.52. The molecule has 0 spiro atoms. The van der Waals surface area contributed by atoms with Crippen LogP contribution in [0.1, 0.15) is 38.5 Å². The zero-order valence-electron chi connectivity index (χ0n) is 9.82.